The van der Waals surface area contributed by atoms with Gasteiger partial charge < -0.3 is 14.6 Å². The first-order valence-electron chi connectivity index (χ1n) is 4.60. The Morgan fingerprint density at radius 2 is 2.00 bits per heavy atom. The molecule has 0 aliphatic heterocycles. The van der Waals surface area contributed by atoms with E-state index in [1.807, 2.05) is 0 Å². The molecule has 0 radical (unpaired) electrons. The van der Waals surface area contributed by atoms with Crippen LogP contribution in [-0.4, -0.2) is 31.7 Å². The van der Waals surface area contributed by atoms with Crippen LogP contribution in [0.1, 0.15) is 32.6 Å². The molecule has 0 amide bonds. The molecule has 1 N–H and O–H groups in total. The molecule has 0 saturated heterocycles. The molecule has 1 unspecified atom stereocenters. The van der Waals surface area contributed by atoms with Crippen molar-refractivity contribution in [2.24, 2.45) is 0 Å². The lowest BCUT2D eigenvalue weighted by atomic mass is 10.2. The van der Waals surface area contributed by atoms with E-state index in [0.29, 0.717) is 6.61 Å². The van der Waals surface area contributed by atoms with Gasteiger partial charge in [-0.25, -0.2) is 0 Å². The Morgan fingerprint density at radius 1 is 1.25 bits per heavy atom. The molecular formula is C9H20O3. The molecule has 3 heteroatoms. The van der Waals surface area contributed by atoms with Gasteiger partial charge in [0.25, 0.3) is 0 Å². The van der Waals surface area contributed by atoms with Crippen LogP contribution in [0.2, 0.25) is 0 Å². The van der Waals surface area contributed by atoms with Gasteiger partial charge in [-0.05, 0) is 6.42 Å². The van der Waals surface area contributed by atoms with Crippen molar-refractivity contribution in [3.8, 4) is 0 Å². The highest BCUT2D eigenvalue weighted by Crippen LogP contribution is 2.00. The maximum atomic E-state index is 8.68. The quantitative estimate of drug-likeness (QED) is 0.450. The van der Waals surface area contributed by atoms with Crippen molar-refractivity contribution in [1.82, 2.24) is 0 Å². The van der Waals surface area contributed by atoms with Gasteiger partial charge in [0, 0.05) is 13.7 Å². The lowest BCUT2D eigenvalue weighted by molar-refractivity contribution is -0.146. The predicted molar refractivity (Wildman–Crippen MR) is 48.0 cm³/mol. The van der Waals surface area contributed by atoms with Crippen molar-refractivity contribution in [2.75, 3.05) is 20.3 Å². The normalized spacial score (nSPS) is 13.2. The summed E-state index contributed by atoms with van der Waals surface area (Å²) in [6.07, 6.45) is 4.28. The van der Waals surface area contributed by atoms with Crippen LogP contribution in [0.3, 0.4) is 0 Å². The van der Waals surface area contributed by atoms with Crippen molar-refractivity contribution in [3.05, 3.63) is 0 Å². The first-order valence-corrected chi connectivity index (χ1v) is 4.60. The number of unbranched alkanes of at least 4 members (excludes halogenated alkanes) is 3. The fourth-order valence-electron chi connectivity index (χ4n) is 0.939. The van der Waals surface area contributed by atoms with Crippen molar-refractivity contribution < 1.29 is 14.6 Å². The summed E-state index contributed by atoms with van der Waals surface area (Å²) in [5.74, 6) is 0. The van der Waals surface area contributed by atoms with Gasteiger partial charge >= 0.3 is 0 Å². The Labute approximate surface area is 74.7 Å². The summed E-state index contributed by atoms with van der Waals surface area (Å²) in [5.41, 5.74) is 0. The van der Waals surface area contributed by atoms with Crippen molar-refractivity contribution in [1.29, 1.82) is 0 Å². The molecule has 0 saturated carbocycles. The molecule has 74 valence electrons. The summed E-state index contributed by atoms with van der Waals surface area (Å²) in [5, 5.41) is 8.68. The highest BCUT2D eigenvalue weighted by molar-refractivity contribution is 4.42. The monoisotopic (exact) mass is 176 g/mol. The largest absolute Gasteiger partial charge is 0.391 e. The highest BCUT2D eigenvalue weighted by Gasteiger charge is 2.03. The van der Waals surface area contributed by atoms with Gasteiger partial charge in [0.05, 0.1) is 6.61 Å². The zero-order chi connectivity index (χ0) is 9.23. The molecule has 0 aliphatic rings. The number of aliphatic hydroxyl groups is 1. The molecule has 0 bridgehead atoms. The van der Waals surface area contributed by atoms with E-state index in [4.69, 9.17) is 14.6 Å². The third-order valence-electron chi connectivity index (χ3n) is 1.71. The van der Waals surface area contributed by atoms with E-state index in [1.54, 1.807) is 0 Å². The molecule has 3 nitrogen and oxygen atoms in total. The molecule has 0 aromatic rings. The van der Waals surface area contributed by atoms with E-state index in [2.05, 4.69) is 6.92 Å². The first-order chi connectivity index (χ1) is 5.85. The molecule has 0 aromatic heterocycles. The van der Waals surface area contributed by atoms with Crippen LogP contribution >= 0.6 is 0 Å². The van der Waals surface area contributed by atoms with Crippen LogP contribution in [0.15, 0.2) is 0 Å². The fourth-order valence-corrected chi connectivity index (χ4v) is 0.939. The molecule has 12 heavy (non-hydrogen) atoms. The summed E-state index contributed by atoms with van der Waals surface area (Å²) in [7, 11) is 1.53. The lowest BCUT2D eigenvalue weighted by Gasteiger charge is -2.12. The topological polar surface area (TPSA) is 38.7 Å². The van der Waals surface area contributed by atoms with E-state index >= 15 is 0 Å². The second kappa shape index (κ2) is 8.97. The van der Waals surface area contributed by atoms with Gasteiger partial charge in [0.1, 0.15) is 0 Å². The van der Waals surface area contributed by atoms with Crippen molar-refractivity contribution in [2.45, 2.75) is 38.9 Å². The number of ether oxygens (including phenoxy) is 2. The van der Waals surface area contributed by atoms with Crippen LogP contribution in [0.5, 0.6) is 0 Å². The van der Waals surface area contributed by atoms with Crippen LogP contribution < -0.4 is 0 Å². The standard InChI is InChI=1S/C9H20O3/c1-3-4-5-6-7-12-9(8-10)11-2/h9-10H,3-8H2,1-2H3. The number of rotatable bonds is 8. The number of hydrogen-bond acceptors (Lipinski definition) is 3. The lowest BCUT2D eigenvalue weighted by Crippen LogP contribution is -2.20. The Morgan fingerprint density at radius 3 is 2.50 bits per heavy atom. The number of aliphatic hydroxyl groups excluding tert-OH is 1. The third-order valence-corrected chi connectivity index (χ3v) is 1.71. The predicted octanol–water partition coefficient (Wildman–Crippen LogP) is 1.55. The average molecular weight is 176 g/mol. The van der Waals surface area contributed by atoms with E-state index in [-0.39, 0.29) is 6.61 Å². The number of methoxy groups -OCH3 is 1. The Balaban J connectivity index is 3.06. The van der Waals surface area contributed by atoms with Crippen molar-refractivity contribution in [3.63, 3.8) is 0 Å². The van der Waals surface area contributed by atoms with E-state index in [9.17, 15) is 0 Å². The Hall–Kier alpha value is -0.120. The van der Waals surface area contributed by atoms with Gasteiger partial charge in [-0.3, -0.25) is 0 Å². The average Bonchev–Trinajstić information content (AvgIpc) is 2.11. The summed E-state index contributed by atoms with van der Waals surface area (Å²) < 4.78 is 10.0. The minimum atomic E-state index is -0.438. The fraction of sp³-hybridized carbons (Fsp3) is 1.00. The summed E-state index contributed by atoms with van der Waals surface area (Å²) in [6.45, 7) is 2.79. The molecule has 0 aromatic carbocycles. The molecule has 0 aliphatic carbocycles. The van der Waals surface area contributed by atoms with Crippen LogP contribution in [0, 0.1) is 0 Å². The molecule has 0 rings (SSSR count). The zero-order valence-corrected chi connectivity index (χ0v) is 8.08. The smallest absolute Gasteiger partial charge is 0.180 e. The zero-order valence-electron chi connectivity index (χ0n) is 8.08. The third kappa shape index (κ3) is 6.58. The van der Waals surface area contributed by atoms with Gasteiger partial charge in [-0.2, -0.15) is 0 Å². The molecule has 0 heterocycles. The first kappa shape index (κ1) is 11.9. The molecule has 0 spiro atoms. The van der Waals surface area contributed by atoms with Crippen LogP contribution in [-0.2, 0) is 9.47 Å². The summed E-state index contributed by atoms with van der Waals surface area (Å²) >= 11 is 0. The van der Waals surface area contributed by atoms with E-state index in [0.717, 1.165) is 6.42 Å². The molecule has 0 fully saturated rings. The van der Waals surface area contributed by atoms with Gasteiger partial charge in [0.2, 0.25) is 0 Å². The SMILES string of the molecule is CCCCCCOC(CO)OC. The second-order valence-electron chi connectivity index (χ2n) is 2.78. The molecule has 1 atom stereocenters. The summed E-state index contributed by atoms with van der Waals surface area (Å²) in [6, 6.07) is 0. The van der Waals surface area contributed by atoms with Gasteiger partial charge in [0.15, 0.2) is 6.29 Å². The van der Waals surface area contributed by atoms with E-state index < -0.39 is 6.29 Å². The Kier molecular flexibility index (Phi) is 8.88. The maximum absolute atomic E-state index is 8.68. The van der Waals surface area contributed by atoms with Gasteiger partial charge in [-0.1, -0.05) is 26.2 Å². The van der Waals surface area contributed by atoms with Crippen LogP contribution in [0.4, 0.5) is 0 Å². The minimum Gasteiger partial charge on any atom is -0.391 e. The minimum absolute atomic E-state index is 0.0652. The number of hydrogen-bond donors (Lipinski definition) is 1. The Bertz CT molecular complexity index is 81.8. The second-order valence-corrected chi connectivity index (χ2v) is 2.78. The summed E-state index contributed by atoms with van der Waals surface area (Å²) in [4.78, 5) is 0. The van der Waals surface area contributed by atoms with Crippen molar-refractivity contribution >= 4 is 0 Å². The van der Waals surface area contributed by atoms with Crippen LogP contribution in [0.25, 0.3) is 0 Å². The van der Waals surface area contributed by atoms with Gasteiger partial charge in [-0.15, -0.1) is 0 Å². The maximum Gasteiger partial charge on any atom is 0.180 e. The molecular weight excluding hydrogens is 156 g/mol. The van der Waals surface area contributed by atoms with E-state index in [1.165, 1.54) is 26.4 Å². The highest BCUT2D eigenvalue weighted by atomic mass is 16.7.